The summed E-state index contributed by atoms with van der Waals surface area (Å²) in [6.07, 6.45) is 2.66. The summed E-state index contributed by atoms with van der Waals surface area (Å²) in [5.74, 6) is 0.0412. The molecule has 0 bridgehead atoms. The number of nitrogens with one attached hydrogen (secondary N) is 1. The Kier molecular flexibility index (Phi) is 5.35. The Bertz CT molecular complexity index is 527. The van der Waals surface area contributed by atoms with Crippen molar-refractivity contribution in [1.29, 1.82) is 5.26 Å². The zero-order valence-electron chi connectivity index (χ0n) is 12.9. The fourth-order valence-corrected chi connectivity index (χ4v) is 2.94. The van der Waals surface area contributed by atoms with Crippen molar-refractivity contribution in [2.24, 2.45) is 0 Å². The Morgan fingerprint density at radius 2 is 2.10 bits per heavy atom. The van der Waals surface area contributed by atoms with Crippen LogP contribution < -0.4 is 5.32 Å². The third-order valence-electron chi connectivity index (χ3n) is 3.87. The number of likely N-dealkylation sites (tertiary alicyclic amines) is 1. The number of hydrogen-bond acceptors (Lipinski definition) is 3. The minimum Gasteiger partial charge on any atom is -0.326 e. The van der Waals surface area contributed by atoms with Gasteiger partial charge in [0.05, 0.1) is 12.6 Å². The highest BCUT2D eigenvalue weighted by Gasteiger charge is 2.27. The summed E-state index contributed by atoms with van der Waals surface area (Å²) in [5, 5.41) is 12.2. The number of carbonyl (C=O) groups excluding carboxylic acids is 1. The molecule has 1 aliphatic heterocycles. The summed E-state index contributed by atoms with van der Waals surface area (Å²) in [5.41, 5.74) is 3.84. The molecule has 1 fully saturated rings. The molecule has 1 saturated heterocycles. The van der Waals surface area contributed by atoms with Crippen LogP contribution in [0.3, 0.4) is 0 Å². The van der Waals surface area contributed by atoms with Crippen LogP contribution in [-0.4, -0.2) is 36.5 Å². The second-order valence-corrected chi connectivity index (χ2v) is 5.80. The van der Waals surface area contributed by atoms with Gasteiger partial charge in [0, 0.05) is 6.54 Å². The summed E-state index contributed by atoms with van der Waals surface area (Å²) in [6.45, 7) is 6.02. The van der Waals surface area contributed by atoms with E-state index in [1.54, 1.807) is 4.90 Å². The smallest absolute Gasteiger partial charge is 0.237 e. The van der Waals surface area contributed by atoms with E-state index in [2.05, 4.69) is 43.4 Å². The van der Waals surface area contributed by atoms with Crippen LogP contribution in [0.5, 0.6) is 0 Å². The molecule has 1 aliphatic rings. The molecule has 0 spiro atoms. The topological polar surface area (TPSA) is 56.1 Å². The lowest BCUT2D eigenvalue weighted by atomic mass is 10.1. The molecule has 2 rings (SSSR count). The van der Waals surface area contributed by atoms with Gasteiger partial charge in [-0.2, -0.15) is 5.26 Å². The predicted octanol–water partition coefficient (Wildman–Crippen LogP) is 1.95. The number of nitriles is 1. The maximum Gasteiger partial charge on any atom is 0.237 e. The molecular weight excluding hydrogens is 262 g/mol. The van der Waals surface area contributed by atoms with E-state index < -0.39 is 0 Å². The molecule has 1 N–H and O–H groups in total. The summed E-state index contributed by atoms with van der Waals surface area (Å²) in [6, 6.07) is 8.51. The van der Waals surface area contributed by atoms with Crippen molar-refractivity contribution in [3.8, 4) is 6.07 Å². The number of benzene rings is 1. The molecule has 112 valence electrons. The van der Waals surface area contributed by atoms with Crippen LogP contribution in [0.1, 0.15) is 29.5 Å². The van der Waals surface area contributed by atoms with Crippen molar-refractivity contribution in [2.75, 3.05) is 19.6 Å². The molecule has 1 amide bonds. The Labute approximate surface area is 126 Å². The predicted molar refractivity (Wildman–Crippen MR) is 82.8 cm³/mol. The molecule has 1 heterocycles. The minimum absolute atomic E-state index is 0.0412. The average Bonchev–Trinajstić information content (AvgIpc) is 2.90. The summed E-state index contributed by atoms with van der Waals surface area (Å²) in [4.78, 5) is 13.7. The van der Waals surface area contributed by atoms with Gasteiger partial charge in [0.25, 0.3) is 0 Å². The lowest BCUT2D eigenvalue weighted by Crippen LogP contribution is -2.41. The van der Waals surface area contributed by atoms with E-state index in [-0.39, 0.29) is 11.9 Å². The Hall–Kier alpha value is -1.86. The number of aryl methyl sites for hydroxylation is 2. The van der Waals surface area contributed by atoms with Gasteiger partial charge in [0.2, 0.25) is 5.91 Å². The van der Waals surface area contributed by atoms with Crippen molar-refractivity contribution in [3.63, 3.8) is 0 Å². The fraction of sp³-hybridized carbons (Fsp3) is 0.529. The first kappa shape index (κ1) is 15.5. The monoisotopic (exact) mass is 285 g/mol. The zero-order valence-corrected chi connectivity index (χ0v) is 12.9. The van der Waals surface area contributed by atoms with Crippen LogP contribution in [0.4, 0.5) is 0 Å². The van der Waals surface area contributed by atoms with E-state index in [0.29, 0.717) is 6.54 Å². The first-order chi connectivity index (χ1) is 10.1. The van der Waals surface area contributed by atoms with Crippen LogP contribution >= 0.6 is 0 Å². The Balaban J connectivity index is 1.74. The van der Waals surface area contributed by atoms with Crippen LogP contribution in [0, 0.1) is 25.2 Å². The van der Waals surface area contributed by atoms with Gasteiger partial charge < -0.3 is 10.2 Å². The van der Waals surface area contributed by atoms with Crippen molar-refractivity contribution in [3.05, 3.63) is 34.9 Å². The molecule has 1 aromatic carbocycles. The number of rotatable bonds is 5. The molecule has 0 radical (unpaired) electrons. The van der Waals surface area contributed by atoms with Crippen molar-refractivity contribution in [2.45, 2.75) is 39.2 Å². The summed E-state index contributed by atoms with van der Waals surface area (Å²) >= 11 is 0. The highest BCUT2D eigenvalue weighted by Crippen LogP contribution is 2.16. The molecule has 0 saturated carbocycles. The van der Waals surface area contributed by atoms with Gasteiger partial charge in [-0.3, -0.25) is 4.79 Å². The summed E-state index contributed by atoms with van der Waals surface area (Å²) < 4.78 is 0. The van der Waals surface area contributed by atoms with E-state index in [0.717, 1.165) is 32.4 Å². The average molecular weight is 285 g/mol. The van der Waals surface area contributed by atoms with Gasteiger partial charge in [-0.15, -0.1) is 0 Å². The second-order valence-electron chi connectivity index (χ2n) is 5.80. The normalized spacial score (nSPS) is 17.8. The molecule has 0 aromatic heterocycles. The van der Waals surface area contributed by atoms with Crippen molar-refractivity contribution < 1.29 is 4.79 Å². The second kappa shape index (κ2) is 7.24. The zero-order chi connectivity index (χ0) is 15.2. The van der Waals surface area contributed by atoms with Crippen molar-refractivity contribution in [1.82, 2.24) is 10.2 Å². The molecule has 0 unspecified atom stereocenters. The molecule has 0 aliphatic carbocycles. The van der Waals surface area contributed by atoms with E-state index in [4.69, 9.17) is 5.26 Å². The van der Waals surface area contributed by atoms with E-state index in [1.165, 1.54) is 16.7 Å². The number of hydrogen-bond donors (Lipinski definition) is 1. The van der Waals surface area contributed by atoms with Crippen LogP contribution in [0.25, 0.3) is 0 Å². The van der Waals surface area contributed by atoms with Crippen LogP contribution in [0.15, 0.2) is 18.2 Å². The number of nitrogens with zero attached hydrogens (tertiary/aromatic N) is 2. The van der Waals surface area contributed by atoms with Crippen LogP contribution in [-0.2, 0) is 11.2 Å². The SMILES string of the molecule is Cc1cc(C)cc(CCNCC(=O)N2CCC[C@H]2C#N)c1. The standard InChI is InChI=1S/C17H23N3O/c1-13-8-14(2)10-15(9-13)5-6-19-12-17(21)20-7-3-4-16(20)11-18/h8-10,16,19H,3-7,12H2,1-2H3/t16-/m0/s1. The highest BCUT2D eigenvalue weighted by atomic mass is 16.2. The molecule has 4 heteroatoms. The Morgan fingerprint density at radius 1 is 1.38 bits per heavy atom. The van der Waals surface area contributed by atoms with Gasteiger partial charge in [-0.25, -0.2) is 0 Å². The van der Waals surface area contributed by atoms with E-state index >= 15 is 0 Å². The van der Waals surface area contributed by atoms with Gasteiger partial charge in [0.1, 0.15) is 6.04 Å². The maximum absolute atomic E-state index is 12.0. The lowest BCUT2D eigenvalue weighted by molar-refractivity contribution is -0.130. The largest absolute Gasteiger partial charge is 0.326 e. The number of amides is 1. The molecule has 1 aromatic rings. The van der Waals surface area contributed by atoms with E-state index in [9.17, 15) is 4.79 Å². The van der Waals surface area contributed by atoms with Gasteiger partial charge >= 0.3 is 0 Å². The van der Waals surface area contributed by atoms with Crippen LogP contribution in [0.2, 0.25) is 0 Å². The quantitative estimate of drug-likeness (QED) is 0.841. The molecule has 4 nitrogen and oxygen atoms in total. The fourth-order valence-electron chi connectivity index (χ4n) is 2.94. The Morgan fingerprint density at radius 3 is 2.76 bits per heavy atom. The van der Waals surface area contributed by atoms with Crippen molar-refractivity contribution >= 4 is 5.91 Å². The third kappa shape index (κ3) is 4.30. The lowest BCUT2D eigenvalue weighted by Gasteiger charge is -2.19. The van der Waals surface area contributed by atoms with Gasteiger partial charge in [-0.05, 0) is 45.2 Å². The van der Waals surface area contributed by atoms with Gasteiger partial charge in [0.15, 0.2) is 0 Å². The minimum atomic E-state index is -0.223. The first-order valence-electron chi connectivity index (χ1n) is 7.57. The third-order valence-corrected chi connectivity index (χ3v) is 3.87. The molecule has 21 heavy (non-hydrogen) atoms. The van der Waals surface area contributed by atoms with E-state index in [1.807, 2.05) is 0 Å². The molecular formula is C17H23N3O. The molecule has 1 atom stereocenters. The number of carbonyl (C=O) groups is 1. The van der Waals surface area contributed by atoms with Gasteiger partial charge in [-0.1, -0.05) is 29.3 Å². The maximum atomic E-state index is 12.0. The first-order valence-corrected chi connectivity index (χ1v) is 7.57. The highest BCUT2D eigenvalue weighted by molar-refractivity contribution is 5.79. The summed E-state index contributed by atoms with van der Waals surface area (Å²) in [7, 11) is 0.